The molecule has 1 fully saturated rings. The molecule has 0 bridgehead atoms. The van der Waals surface area contributed by atoms with Crippen molar-refractivity contribution in [1.29, 1.82) is 0 Å². The Hall–Kier alpha value is -1.72. The lowest BCUT2D eigenvalue weighted by Gasteiger charge is -2.26. The van der Waals surface area contributed by atoms with E-state index in [4.69, 9.17) is 0 Å². The third-order valence-corrected chi connectivity index (χ3v) is 6.12. The summed E-state index contributed by atoms with van der Waals surface area (Å²) in [6, 6.07) is 8.56. The van der Waals surface area contributed by atoms with Crippen LogP contribution in [-0.4, -0.2) is 24.0 Å². The lowest BCUT2D eigenvalue weighted by molar-refractivity contribution is 0.0928. The Morgan fingerprint density at radius 3 is 2.92 bits per heavy atom. The lowest BCUT2D eigenvalue weighted by atomic mass is 9.88. The summed E-state index contributed by atoms with van der Waals surface area (Å²) in [4.78, 5) is 17.3. The largest absolute Gasteiger partial charge is 0.344 e. The van der Waals surface area contributed by atoms with Crippen molar-refractivity contribution >= 4 is 17.2 Å². The fourth-order valence-corrected chi connectivity index (χ4v) is 4.76. The van der Waals surface area contributed by atoms with Crippen molar-refractivity contribution in [2.75, 3.05) is 13.1 Å². The maximum Gasteiger partial charge on any atom is 0.271 e. The molecule has 2 heterocycles. The topological polar surface area (TPSA) is 54.0 Å². The van der Waals surface area contributed by atoms with Crippen molar-refractivity contribution < 1.29 is 4.79 Å². The van der Waals surface area contributed by atoms with Gasteiger partial charge in [0.25, 0.3) is 5.91 Å². The number of carbonyl (C=O) groups is 1. The molecule has 0 unspecified atom stereocenters. The second kappa shape index (κ2) is 7.03. The van der Waals surface area contributed by atoms with Crippen LogP contribution in [0.3, 0.4) is 0 Å². The van der Waals surface area contributed by atoms with Crippen LogP contribution in [0.15, 0.2) is 29.6 Å². The summed E-state index contributed by atoms with van der Waals surface area (Å²) in [5.41, 5.74) is 3.21. The van der Waals surface area contributed by atoms with E-state index >= 15 is 0 Å². The number of piperidine rings is 1. The van der Waals surface area contributed by atoms with Gasteiger partial charge in [0.05, 0.1) is 11.0 Å². The number of aromatic nitrogens is 1. The number of carbonyl (C=O) groups excluding carboxylic acids is 1. The number of hydrogen-bond donors (Lipinski definition) is 2. The summed E-state index contributed by atoms with van der Waals surface area (Å²) in [7, 11) is 0. The summed E-state index contributed by atoms with van der Waals surface area (Å²) in [6.07, 6.45) is 5.47. The third-order valence-electron chi connectivity index (χ3n) is 5.12. The molecular weight excluding hydrogens is 318 g/mol. The molecule has 1 aromatic carbocycles. The number of benzene rings is 1. The van der Waals surface area contributed by atoms with E-state index in [9.17, 15) is 4.79 Å². The predicted molar refractivity (Wildman–Crippen MR) is 96.5 cm³/mol. The zero-order valence-electron chi connectivity index (χ0n) is 13.8. The fourth-order valence-electron chi connectivity index (χ4n) is 3.78. The molecule has 24 heavy (non-hydrogen) atoms. The second-order valence-electron chi connectivity index (χ2n) is 6.71. The van der Waals surface area contributed by atoms with Crippen molar-refractivity contribution in [3.63, 3.8) is 0 Å². The Kier molecular flexibility index (Phi) is 4.63. The van der Waals surface area contributed by atoms with Crippen LogP contribution in [0.2, 0.25) is 0 Å². The zero-order chi connectivity index (χ0) is 16.4. The van der Waals surface area contributed by atoms with Gasteiger partial charge in [-0.25, -0.2) is 4.98 Å². The van der Waals surface area contributed by atoms with Gasteiger partial charge in [-0.2, -0.15) is 0 Å². The van der Waals surface area contributed by atoms with Crippen LogP contribution in [0, 0.1) is 0 Å². The number of thiazole rings is 1. The average molecular weight is 341 g/mol. The number of aryl methyl sites for hydroxylation is 1. The lowest BCUT2D eigenvalue weighted by Crippen LogP contribution is -2.31. The molecule has 126 valence electrons. The molecule has 1 aliphatic heterocycles. The summed E-state index contributed by atoms with van der Waals surface area (Å²) in [6.45, 7) is 2.09. The van der Waals surface area contributed by atoms with Crippen LogP contribution in [-0.2, 0) is 6.42 Å². The summed E-state index contributed by atoms with van der Waals surface area (Å²) >= 11 is 1.63. The van der Waals surface area contributed by atoms with Crippen molar-refractivity contribution in [2.45, 2.75) is 44.1 Å². The minimum Gasteiger partial charge on any atom is -0.344 e. The maximum absolute atomic E-state index is 12.6. The maximum atomic E-state index is 12.6. The van der Waals surface area contributed by atoms with Gasteiger partial charge in [-0.3, -0.25) is 4.79 Å². The van der Waals surface area contributed by atoms with E-state index in [2.05, 4.69) is 39.9 Å². The first-order valence-corrected chi connectivity index (χ1v) is 9.74. The van der Waals surface area contributed by atoms with Crippen molar-refractivity contribution in [2.24, 2.45) is 0 Å². The van der Waals surface area contributed by atoms with Crippen LogP contribution in [0.1, 0.15) is 64.3 Å². The van der Waals surface area contributed by atoms with E-state index < -0.39 is 0 Å². The molecular formula is C19H23N3OS. The van der Waals surface area contributed by atoms with Gasteiger partial charge in [-0.05, 0) is 56.3 Å². The van der Waals surface area contributed by atoms with Gasteiger partial charge in [0.1, 0.15) is 5.69 Å². The fraction of sp³-hybridized carbons (Fsp3) is 0.474. The quantitative estimate of drug-likeness (QED) is 0.899. The molecule has 0 radical (unpaired) electrons. The Labute approximate surface area is 146 Å². The molecule has 0 saturated carbocycles. The highest BCUT2D eigenvalue weighted by Gasteiger charge is 2.24. The van der Waals surface area contributed by atoms with Crippen LogP contribution in [0.5, 0.6) is 0 Å². The third kappa shape index (κ3) is 3.23. The number of nitrogens with one attached hydrogen (secondary N) is 2. The summed E-state index contributed by atoms with van der Waals surface area (Å²) in [5.74, 6) is 0.473. The van der Waals surface area contributed by atoms with Crippen LogP contribution in [0.25, 0.3) is 0 Å². The molecule has 1 saturated heterocycles. The number of rotatable bonds is 3. The smallest absolute Gasteiger partial charge is 0.271 e. The molecule has 2 aliphatic rings. The SMILES string of the molecule is O=C(N[C@@H]1CCCc2ccccc21)c1csc(C2CCNCC2)n1. The minimum atomic E-state index is -0.0341. The first kappa shape index (κ1) is 15.8. The highest BCUT2D eigenvalue weighted by atomic mass is 32.1. The number of amides is 1. The normalized spacial score (nSPS) is 21.2. The number of hydrogen-bond acceptors (Lipinski definition) is 4. The van der Waals surface area contributed by atoms with Gasteiger partial charge >= 0.3 is 0 Å². The summed E-state index contributed by atoms with van der Waals surface area (Å²) in [5, 5.41) is 9.61. The predicted octanol–water partition coefficient (Wildman–Crippen LogP) is 3.42. The van der Waals surface area contributed by atoms with Gasteiger partial charge < -0.3 is 10.6 Å². The van der Waals surface area contributed by atoms with Gasteiger partial charge in [-0.1, -0.05) is 24.3 Å². The van der Waals surface area contributed by atoms with Crippen molar-refractivity contribution in [3.05, 3.63) is 51.5 Å². The molecule has 1 aliphatic carbocycles. The van der Waals surface area contributed by atoms with E-state index in [0.717, 1.165) is 50.2 Å². The van der Waals surface area contributed by atoms with Gasteiger partial charge in [-0.15, -0.1) is 11.3 Å². The molecule has 1 atom stereocenters. The molecule has 4 nitrogen and oxygen atoms in total. The van der Waals surface area contributed by atoms with Crippen molar-refractivity contribution in [3.8, 4) is 0 Å². The van der Waals surface area contributed by atoms with Gasteiger partial charge in [0, 0.05) is 11.3 Å². The number of fused-ring (bicyclic) bond motifs is 1. The molecule has 2 N–H and O–H groups in total. The summed E-state index contributed by atoms with van der Waals surface area (Å²) < 4.78 is 0. The average Bonchev–Trinajstić information content (AvgIpc) is 3.13. The monoisotopic (exact) mass is 341 g/mol. The van der Waals surface area contributed by atoms with Crippen molar-refractivity contribution in [1.82, 2.24) is 15.6 Å². The van der Waals surface area contributed by atoms with E-state index in [1.165, 1.54) is 11.1 Å². The molecule has 1 amide bonds. The highest BCUT2D eigenvalue weighted by molar-refractivity contribution is 7.09. The van der Waals surface area contributed by atoms with Crippen LogP contribution >= 0.6 is 11.3 Å². The molecule has 5 heteroatoms. The van der Waals surface area contributed by atoms with E-state index in [1.807, 2.05) is 5.38 Å². The van der Waals surface area contributed by atoms with E-state index in [0.29, 0.717) is 11.6 Å². The highest BCUT2D eigenvalue weighted by Crippen LogP contribution is 2.31. The first-order valence-electron chi connectivity index (χ1n) is 8.86. The van der Waals surface area contributed by atoms with Gasteiger partial charge in [0.15, 0.2) is 0 Å². The minimum absolute atomic E-state index is 0.0341. The molecule has 2 aromatic rings. The molecule has 4 rings (SSSR count). The van der Waals surface area contributed by atoms with Crippen LogP contribution in [0.4, 0.5) is 0 Å². The Morgan fingerprint density at radius 1 is 1.21 bits per heavy atom. The van der Waals surface area contributed by atoms with Crippen LogP contribution < -0.4 is 10.6 Å². The Bertz CT molecular complexity index is 721. The number of nitrogens with zero attached hydrogens (tertiary/aromatic N) is 1. The standard InChI is InChI=1S/C19H23N3OS/c23-18(17-12-24-19(22-17)14-8-10-20-11-9-14)21-16-7-3-5-13-4-1-2-6-15(13)16/h1-2,4,6,12,14,16,20H,3,5,7-11H2,(H,21,23)/t16-/m1/s1. The molecule has 0 spiro atoms. The second-order valence-corrected chi connectivity index (χ2v) is 7.60. The molecule has 1 aromatic heterocycles. The first-order chi connectivity index (χ1) is 11.8. The van der Waals surface area contributed by atoms with Gasteiger partial charge in [0.2, 0.25) is 0 Å². The zero-order valence-corrected chi connectivity index (χ0v) is 14.6. The Balaban J connectivity index is 1.46. The Morgan fingerprint density at radius 2 is 2.04 bits per heavy atom. The van der Waals surface area contributed by atoms with E-state index in [1.54, 1.807) is 11.3 Å². The van der Waals surface area contributed by atoms with E-state index in [-0.39, 0.29) is 11.9 Å².